The van der Waals surface area contributed by atoms with E-state index in [-0.39, 0.29) is 28.6 Å². The minimum absolute atomic E-state index is 0.0830. The summed E-state index contributed by atoms with van der Waals surface area (Å²) in [7, 11) is 0. The minimum atomic E-state index is -0.588. The van der Waals surface area contributed by atoms with Gasteiger partial charge in [0.1, 0.15) is 11.3 Å². The number of aromatic hydroxyl groups is 1. The van der Waals surface area contributed by atoms with Gasteiger partial charge in [0.2, 0.25) is 5.89 Å². The molecule has 0 bridgehead atoms. The molecule has 0 atom stereocenters. The number of non-ortho nitro benzene ring substituents is 1. The van der Waals surface area contributed by atoms with Gasteiger partial charge in [-0.2, -0.15) is 0 Å². The van der Waals surface area contributed by atoms with Crippen LogP contribution in [0.3, 0.4) is 0 Å². The Hall–Kier alpha value is -3.68. The van der Waals surface area contributed by atoms with Crippen molar-refractivity contribution >= 4 is 34.3 Å². The summed E-state index contributed by atoms with van der Waals surface area (Å²) in [5.74, 6) is -0.0942. The van der Waals surface area contributed by atoms with Crippen LogP contribution < -0.4 is 5.32 Å². The van der Waals surface area contributed by atoms with Crippen molar-refractivity contribution in [2.24, 2.45) is 0 Å². The van der Waals surface area contributed by atoms with Crippen LogP contribution in [0.1, 0.15) is 5.89 Å². The highest BCUT2D eigenvalue weighted by molar-refractivity contribution is 6.06. The summed E-state index contributed by atoms with van der Waals surface area (Å²) in [6, 6.07) is 10.5. The SMILES string of the molecule is O=C/C(=C\Nc1cc([N+](=O)[O-])ccc1O)c1nc2ccccc2o1. The van der Waals surface area contributed by atoms with Gasteiger partial charge in [-0.3, -0.25) is 14.9 Å². The van der Waals surface area contributed by atoms with E-state index in [4.69, 9.17) is 4.42 Å². The zero-order valence-electron chi connectivity index (χ0n) is 12.2. The molecule has 24 heavy (non-hydrogen) atoms. The summed E-state index contributed by atoms with van der Waals surface area (Å²) in [5, 5.41) is 23.2. The molecule has 0 saturated heterocycles. The number of phenolic OH excluding ortho intramolecular Hbond substituents is 1. The number of aromatic nitrogens is 1. The number of nitro benzene ring substituents is 1. The number of anilines is 1. The second-order valence-corrected chi connectivity index (χ2v) is 4.81. The number of nitrogens with zero attached hydrogens (tertiary/aromatic N) is 2. The fourth-order valence-electron chi connectivity index (χ4n) is 2.05. The molecule has 0 aliphatic carbocycles. The van der Waals surface area contributed by atoms with Gasteiger partial charge in [0.15, 0.2) is 11.9 Å². The lowest BCUT2D eigenvalue weighted by Gasteiger charge is -2.04. The number of hydrogen-bond donors (Lipinski definition) is 2. The van der Waals surface area contributed by atoms with E-state index < -0.39 is 4.92 Å². The van der Waals surface area contributed by atoms with Crippen LogP contribution in [0.15, 0.2) is 53.1 Å². The number of nitrogens with one attached hydrogen (secondary N) is 1. The third-order valence-electron chi connectivity index (χ3n) is 3.24. The highest BCUT2D eigenvalue weighted by Gasteiger charge is 2.12. The van der Waals surface area contributed by atoms with E-state index in [0.29, 0.717) is 17.4 Å². The largest absolute Gasteiger partial charge is 0.506 e. The minimum Gasteiger partial charge on any atom is -0.506 e. The van der Waals surface area contributed by atoms with E-state index in [9.17, 15) is 20.0 Å². The van der Waals surface area contributed by atoms with E-state index in [1.165, 1.54) is 18.3 Å². The monoisotopic (exact) mass is 325 g/mol. The van der Waals surface area contributed by atoms with Crippen molar-refractivity contribution in [2.75, 3.05) is 5.32 Å². The summed E-state index contributed by atoms with van der Waals surface area (Å²) < 4.78 is 5.48. The Morgan fingerprint density at radius 1 is 1.29 bits per heavy atom. The maximum atomic E-state index is 11.3. The first-order valence-electron chi connectivity index (χ1n) is 6.83. The Morgan fingerprint density at radius 3 is 2.79 bits per heavy atom. The molecule has 0 radical (unpaired) electrons. The van der Waals surface area contributed by atoms with Crippen LogP contribution in [0, 0.1) is 10.1 Å². The maximum absolute atomic E-state index is 11.3. The molecule has 0 saturated carbocycles. The zero-order chi connectivity index (χ0) is 17.1. The summed E-state index contributed by atoms with van der Waals surface area (Å²) >= 11 is 0. The van der Waals surface area contributed by atoms with Crippen LogP contribution in [0.2, 0.25) is 0 Å². The number of carbonyl (C=O) groups is 1. The van der Waals surface area contributed by atoms with Crippen molar-refractivity contribution in [1.29, 1.82) is 0 Å². The van der Waals surface area contributed by atoms with Gasteiger partial charge in [0.05, 0.1) is 16.2 Å². The Bertz CT molecular complexity index is 928. The maximum Gasteiger partial charge on any atom is 0.271 e. The van der Waals surface area contributed by atoms with Crippen molar-refractivity contribution in [3.8, 4) is 5.75 Å². The molecule has 2 N–H and O–H groups in total. The first-order valence-corrected chi connectivity index (χ1v) is 6.83. The number of fused-ring (bicyclic) bond motifs is 1. The van der Waals surface area contributed by atoms with Crippen LogP contribution in [0.4, 0.5) is 11.4 Å². The molecule has 120 valence electrons. The van der Waals surface area contributed by atoms with Crippen molar-refractivity contribution in [1.82, 2.24) is 4.98 Å². The van der Waals surface area contributed by atoms with Crippen LogP contribution in [-0.2, 0) is 4.79 Å². The number of benzene rings is 2. The summed E-state index contributed by atoms with van der Waals surface area (Å²) in [4.78, 5) is 25.7. The molecule has 2 aromatic carbocycles. The lowest BCUT2D eigenvalue weighted by atomic mass is 10.2. The number of carbonyl (C=O) groups excluding carboxylic acids is 1. The lowest BCUT2D eigenvalue weighted by molar-refractivity contribution is -0.384. The van der Waals surface area contributed by atoms with E-state index in [1.807, 2.05) is 0 Å². The molecule has 0 fully saturated rings. The number of para-hydroxylation sites is 2. The van der Waals surface area contributed by atoms with Crippen molar-refractivity contribution in [2.45, 2.75) is 0 Å². The molecular formula is C16H11N3O5. The van der Waals surface area contributed by atoms with Gasteiger partial charge in [-0.05, 0) is 18.2 Å². The average Bonchev–Trinajstić information content (AvgIpc) is 3.00. The molecule has 3 aromatic rings. The fourth-order valence-corrected chi connectivity index (χ4v) is 2.05. The van der Waals surface area contributed by atoms with Gasteiger partial charge in [-0.15, -0.1) is 0 Å². The van der Waals surface area contributed by atoms with Crippen LogP contribution in [0.25, 0.3) is 16.7 Å². The first kappa shape index (κ1) is 15.2. The molecule has 3 rings (SSSR count). The molecular weight excluding hydrogens is 314 g/mol. The molecule has 8 nitrogen and oxygen atoms in total. The molecule has 1 heterocycles. The number of oxazole rings is 1. The van der Waals surface area contributed by atoms with Crippen LogP contribution >= 0.6 is 0 Å². The molecule has 0 unspecified atom stereocenters. The number of phenols is 1. The van der Waals surface area contributed by atoms with E-state index in [0.717, 1.165) is 6.07 Å². The highest BCUT2D eigenvalue weighted by Crippen LogP contribution is 2.28. The second-order valence-electron chi connectivity index (χ2n) is 4.81. The predicted octanol–water partition coefficient (Wildman–Crippen LogP) is 3.09. The van der Waals surface area contributed by atoms with Gasteiger partial charge in [0, 0.05) is 18.3 Å². The Labute approximate surface area is 135 Å². The third-order valence-corrected chi connectivity index (χ3v) is 3.24. The Morgan fingerprint density at radius 2 is 2.08 bits per heavy atom. The van der Waals surface area contributed by atoms with Crippen LogP contribution in [0.5, 0.6) is 5.75 Å². The highest BCUT2D eigenvalue weighted by atomic mass is 16.6. The average molecular weight is 325 g/mol. The Balaban J connectivity index is 1.92. The number of aldehydes is 1. The van der Waals surface area contributed by atoms with Crippen LogP contribution in [-0.4, -0.2) is 21.3 Å². The Kier molecular flexibility index (Phi) is 3.94. The zero-order valence-corrected chi connectivity index (χ0v) is 12.2. The third kappa shape index (κ3) is 2.93. The quantitative estimate of drug-likeness (QED) is 0.243. The summed E-state index contributed by atoms with van der Waals surface area (Å²) in [5.41, 5.74) is 1.10. The van der Waals surface area contributed by atoms with Crippen molar-refractivity contribution in [3.63, 3.8) is 0 Å². The van der Waals surface area contributed by atoms with Gasteiger partial charge in [0.25, 0.3) is 5.69 Å². The molecule has 1 aromatic heterocycles. The van der Waals surface area contributed by atoms with Gasteiger partial charge in [-0.25, -0.2) is 4.98 Å². The number of allylic oxidation sites excluding steroid dienone is 1. The van der Waals surface area contributed by atoms with Crippen molar-refractivity contribution in [3.05, 3.63) is 64.7 Å². The molecule has 8 heteroatoms. The van der Waals surface area contributed by atoms with Crippen molar-refractivity contribution < 1.29 is 19.2 Å². The normalized spacial score (nSPS) is 11.4. The summed E-state index contributed by atoms with van der Waals surface area (Å²) in [6.07, 6.45) is 1.79. The second kappa shape index (κ2) is 6.21. The molecule has 0 aliphatic heterocycles. The van der Waals surface area contributed by atoms with Gasteiger partial charge in [-0.1, -0.05) is 12.1 Å². The standard InChI is InChI=1S/C16H11N3O5/c20-9-10(16-18-12-3-1-2-4-15(12)24-16)8-17-13-7-11(19(22)23)5-6-14(13)21/h1-9,17,21H/b10-8+. The smallest absolute Gasteiger partial charge is 0.271 e. The predicted molar refractivity (Wildman–Crippen MR) is 86.4 cm³/mol. The first-order chi connectivity index (χ1) is 11.6. The van der Waals surface area contributed by atoms with E-state index in [2.05, 4.69) is 10.3 Å². The number of nitro groups is 1. The van der Waals surface area contributed by atoms with Gasteiger partial charge >= 0.3 is 0 Å². The van der Waals surface area contributed by atoms with Gasteiger partial charge < -0.3 is 14.8 Å². The molecule has 0 spiro atoms. The molecule has 0 amide bonds. The molecule has 0 aliphatic rings. The summed E-state index contributed by atoms with van der Waals surface area (Å²) in [6.45, 7) is 0. The lowest BCUT2D eigenvalue weighted by Crippen LogP contribution is -1.95. The number of rotatable bonds is 5. The van der Waals surface area contributed by atoms with E-state index >= 15 is 0 Å². The van der Waals surface area contributed by atoms with E-state index in [1.54, 1.807) is 24.3 Å². The topological polar surface area (TPSA) is 118 Å². The fraction of sp³-hybridized carbons (Fsp3) is 0. The number of hydrogen-bond acceptors (Lipinski definition) is 7.